The first-order valence-electron chi connectivity index (χ1n) is 6.22. The molecule has 0 unspecified atom stereocenters. The smallest absolute Gasteiger partial charge is 0.255 e. The first-order chi connectivity index (χ1) is 9.52. The fraction of sp³-hybridized carbons (Fsp3) is 0.357. The summed E-state index contributed by atoms with van der Waals surface area (Å²) in [5.74, 6) is 2.46. The maximum absolute atomic E-state index is 12.5. The van der Waals surface area contributed by atoms with Gasteiger partial charge in [0.2, 0.25) is 0 Å². The van der Waals surface area contributed by atoms with Crippen molar-refractivity contribution in [3.63, 3.8) is 0 Å². The SMILES string of the molecule is C#CCN1CCN(C(=O)c2cc(N)cc(Cl)c2Cl)CC1. The molecule has 1 amide bonds. The van der Waals surface area contributed by atoms with Gasteiger partial charge in [0, 0.05) is 31.9 Å². The molecule has 2 rings (SSSR count). The second-order valence-electron chi connectivity index (χ2n) is 4.64. The average Bonchev–Trinajstić information content (AvgIpc) is 2.43. The second-order valence-corrected chi connectivity index (χ2v) is 5.42. The maximum atomic E-state index is 12.5. The molecule has 20 heavy (non-hydrogen) atoms. The molecule has 2 N–H and O–H groups in total. The van der Waals surface area contributed by atoms with Crippen LogP contribution in [0.5, 0.6) is 0 Å². The number of carbonyl (C=O) groups excluding carboxylic acids is 1. The molecule has 106 valence electrons. The number of halogens is 2. The van der Waals surface area contributed by atoms with Crippen LogP contribution in [0.2, 0.25) is 10.0 Å². The summed E-state index contributed by atoms with van der Waals surface area (Å²) < 4.78 is 0. The molecule has 0 spiro atoms. The van der Waals surface area contributed by atoms with Crippen molar-refractivity contribution < 1.29 is 4.79 Å². The van der Waals surface area contributed by atoms with Crippen LogP contribution >= 0.6 is 23.2 Å². The highest BCUT2D eigenvalue weighted by atomic mass is 35.5. The fourth-order valence-electron chi connectivity index (χ4n) is 2.17. The highest BCUT2D eigenvalue weighted by Crippen LogP contribution is 2.29. The summed E-state index contributed by atoms with van der Waals surface area (Å²) in [6.07, 6.45) is 5.28. The van der Waals surface area contributed by atoms with Crippen LogP contribution in [0.1, 0.15) is 10.4 Å². The third-order valence-corrected chi connectivity index (χ3v) is 4.06. The lowest BCUT2D eigenvalue weighted by Crippen LogP contribution is -2.48. The van der Waals surface area contributed by atoms with Gasteiger partial charge in [-0.05, 0) is 12.1 Å². The van der Waals surface area contributed by atoms with Crippen molar-refractivity contribution in [1.82, 2.24) is 9.80 Å². The Balaban J connectivity index is 2.12. The van der Waals surface area contributed by atoms with Crippen LogP contribution in [0.4, 0.5) is 5.69 Å². The van der Waals surface area contributed by atoms with E-state index in [2.05, 4.69) is 10.8 Å². The topological polar surface area (TPSA) is 49.6 Å². The molecule has 0 atom stereocenters. The Bertz CT molecular complexity index is 560. The van der Waals surface area contributed by atoms with Crippen molar-refractivity contribution >= 4 is 34.8 Å². The number of rotatable bonds is 2. The summed E-state index contributed by atoms with van der Waals surface area (Å²) in [6.45, 7) is 3.34. The monoisotopic (exact) mass is 311 g/mol. The molecule has 0 bridgehead atoms. The Kier molecular flexibility index (Phi) is 4.77. The number of piperazine rings is 1. The third-order valence-electron chi connectivity index (χ3n) is 3.26. The van der Waals surface area contributed by atoms with E-state index in [0.717, 1.165) is 13.1 Å². The zero-order valence-corrected chi connectivity index (χ0v) is 12.4. The van der Waals surface area contributed by atoms with Gasteiger partial charge in [-0.15, -0.1) is 6.42 Å². The molecule has 1 heterocycles. The second kappa shape index (κ2) is 6.36. The molecule has 0 aliphatic carbocycles. The minimum absolute atomic E-state index is 0.149. The lowest BCUT2D eigenvalue weighted by Gasteiger charge is -2.34. The Morgan fingerprint density at radius 3 is 2.55 bits per heavy atom. The molecule has 1 saturated heterocycles. The first kappa shape index (κ1) is 15.0. The molecule has 1 aromatic rings. The molecule has 0 saturated carbocycles. The van der Waals surface area contributed by atoms with E-state index in [1.807, 2.05) is 0 Å². The van der Waals surface area contributed by atoms with Gasteiger partial charge in [0.25, 0.3) is 5.91 Å². The Morgan fingerprint density at radius 2 is 1.95 bits per heavy atom. The van der Waals surface area contributed by atoms with Crippen molar-refractivity contribution in [2.75, 3.05) is 38.5 Å². The van der Waals surface area contributed by atoms with E-state index in [1.165, 1.54) is 6.07 Å². The number of carbonyl (C=O) groups is 1. The van der Waals surface area contributed by atoms with Crippen molar-refractivity contribution in [3.8, 4) is 12.3 Å². The van der Waals surface area contributed by atoms with Gasteiger partial charge in [-0.2, -0.15) is 0 Å². The van der Waals surface area contributed by atoms with Gasteiger partial charge in [-0.25, -0.2) is 0 Å². The summed E-state index contributed by atoms with van der Waals surface area (Å²) in [6, 6.07) is 3.09. The summed E-state index contributed by atoms with van der Waals surface area (Å²) in [5, 5.41) is 0.540. The number of amides is 1. The maximum Gasteiger partial charge on any atom is 0.255 e. The van der Waals surface area contributed by atoms with E-state index >= 15 is 0 Å². The highest BCUT2D eigenvalue weighted by molar-refractivity contribution is 6.44. The predicted octanol–water partition coefficient (Wildman–Crippen LogP) is 1.97. The molecule has 1 aliphatic heterocycles. The zero-order valence-electron chi connectivity index (χ0n) is 10.9. The number of nitrogens with zero attached hydrogens (tertiary/aromatic N) is 2. The molecule has 0 radical (unpaired) electrons. The third kappa shape index (κ3) is 3.18. The van der Waals surface area contributed by atoms with Gasteiger partial charge in [0.05, 0.1) is 22.2 Å². The lowest BCUT2D eigenvalue weighted by atomic mass is 10.1. The van der Waals surface area contributed by atoms with E-state index < -0.39 is 0 Å². The van der Waals surface area contributed by atoms with E-state index in [0.29, 0.717) is 35.9 Å². The molecule has 4 nitrogen and oxygen atoms in total. The Morgan fingerprint density at radius 1 is 1.30 bits per heavy atom. The van der Waals surface area contributed by atoms with Gasteiger partial charge >= 0.3 is 0 Å². The van der Waals surface area contributed by atoms with Crippen LogP contribution in [0.25, 0.3) is 0 Å². The number of terminal acetylenes is 1. The standard InChI is InChI=1S/C14H15Cl2N3O/c1-2-3-18-4-6-19(7-5-18)14(20)11-8-10(17)9-12(15)13(11)16/h1,8-9H,3-7,17H2. The predicted molar refractivity (Wildman–Crippen MR) is 82.1 cm³/mol. The number of benzene rings is 1. The van der Waals surface area contributed by atoms with Crippen molar-refractivity contribution in [2.24, 2.45) is 0 Å². The van der Waals surface area contributed by atoms with Gasteiger partial charge in [0.1, 0.15) is 0 Å². The summed E-state index contributed by atoms with van der Waals surface area (Å²) in [4.78, 5) is 16.3. The molecular formula is C14H15Cl2N3O. The van der Waals surface area contributed by atoms with Gasteiger partial charge < -0.3 is 10.6 Å². The van der Waals surface area contributed by atoms with E-state index in [1.54, 1.807) is 11.0 Å². The lowest BCUT2D eigenvalue weighted by molar-refractivity contribution is 0.0652. The van der Waals surface area contributed by atoms with E-state index in [-0.39, 0.29) is 10.9 Å². The van der Waals surface area contributed by atoms with Crippen LogP contribution < -0.4 is 5.73 Å². The van der Waals surface area contributed by atoms with E-state index in [4.69, 9.17) is 35.4 Å². The number of hydrogen-bond acceptors (Lipinski definition) is 3. The number of hydrogen-bond donors (Lipinski definition) is 1. The molecular weight excluding hydrogens is 297 g/mol. The molecule has 1 aromatic carbocycles. The fourth-order valence-corrected chi connectivity index (χ4v) is 2.59. The zero-order chi connectivity index (χ0) is 14.7. The van der Waals surface area contributed by atoms with Crippen molar-refractivity contribution in [1.29, 1.82) is 0 Å². The van der Waals surface area contributed by atoms with Gasteiger partial charge in [-0.1, -0.05) is 29.1 Å². The number of nitrogen functional groups attached to an aromatic ring is 1. The summed E-state index contributed by atoms with van der Waals surface area (Å²) in [5.41, 5.74) is 6.49. The van der Waals surface area contributed by atoms with Crippen LogP contribution in [0.15, 0.2) is 12.1 Å². The minimum atomic E-state index is -0.149. The highest BCUT2D eigenvalue weighted by Gasteiger charge is 2.24. The molecule has 1 fully saturated rings. The van der Waals surface area contributed by atoms with Gasteiger partial charge in [-0.3, -0.25) is 9.69 Å². The quantitative estimate of drug-likeness (QED) is 0.671. The van der Waals surface area contributed by atoms with Crippen LogP contribution in [-0.4, -0.2) is 48.4 Å². The summed E-state index contributed by atoms with van der Waals surface area (Å²) >= 11 is 12.0. The number of nitrogens with two attached hydrogens (primary N) is 1. The number of anilines is 1. The largest absolute Gasteiger partial charge is 0.399 e. The first-order valence-corrected chi connectivity index (χ1v) is 6.98. The Hall–Kier alpha value is -1.41. The van der Waals surface area contributed by atoms with Crippen LogP contribution in [-0.2, 0) is 0 Å². The summed E-state index contributed by atoms with van der Waals surface area (Å²) in [7, 11) is 0. The van der Waals surface area contributed by atoms with Crippen LogP contribution in [0, 0.1) is 12.3 Å². The minimum Gasteiger partial charge on any atom is -0.399 e. The van der Waals surface area contributed by atoms with Gasteiger partial charge in [0.15, 0.2) is 0 Å². The van der Waals surface area contributed by atoms with Crippen LogP contribution in [0.3, 0.4) is 0 Å². The van der Waals surface area contributed by atoms with Crippen molar-refractivity contribution in [3.05, 3.63) is 27.7 Å². The van der Waals surface area contributed by atoms with Crippen molar-refractivity contribution in [2.45, 2.75) is 0 Å². The Labute approximate surface area is 128 Å². The normalized spacial score (nSPS) is 15.9. The van der Waals surface area contributed by atoms with E-state index in [9.17, 15) is 4.79 Å². The molecule has 0 aromatic heterocycles. The molecule has 1 aliphatic rings. The average molecular weight is 312 g/mol. The molecule has 6 heteroatoms.